The van der Waals surface area contributed by atoms with Gasteiger partial charge in [0.15, 0.2) is 0 Å². The van der Waals surface area contributed by atoms with Crippen LogP contribution in [0.5, 0.6) is 0 Å². The van der Waals surface area contributed by atoms with Crippen LogP contribution in [0.2, 0.25) is 0 Å². The van der Waals surface area contributed by atoms with Crippen LogP contribution in [0.4, 0.5) is 10.7 Å². The lowest BCUT2D eigenvalue weighted by atomic mass is 10.8. The van der Waals surface area contributed by atoms with Crippen molar-refractivity contribution in [1.29, 1.82) is 0 Å². The number of aromatic nitrogens is 2. The minimum atomic E-state index is -0.609. The molecule has 0 saturated carbocycles. The van der Waals surface area contributed by atoms with Crippen molar-refractivity contribution in [3.05, 3.63) is 22.8 Å². The maximum Gasteiger partial charge on any atom is 0.419 e. The maximum atomic E-state index is 11.1. The molecule has 0 unspecified atom stereocenters. The zero-order chi connectivity index (χ0) is 9.68. The van der Waals surface area contributed by atoms with Gasteiger partial charge in [-0.05, 0) is 17.6 Å². The van der Waals surface area contributed by atoms with Crippen molar-refractivity contribution in [3.63, 3.8) is 0 Å². The Kier molecular flexibility index (Phi) is 2.88. The van der Waals surface area contributed by atoms with Crippen molar-refractivity contribution in [2.45, 2.75) is 6.92 Å². The number of nitrogens with zero attached hydrogens (tertiary/aromatic N) is 5. The van der Waals surface area contributed by atoms with Crippen molar-refractivity contribution >= 4 is 12.0 Å². The number of imidazole rings is 1. The van der Waals surface area contributed by atoms with Crippen molar-refractivity contribution in [3.8, 4) is 0 Å². The van der Waals surface area contributed by atoms with Crippen LogP contribution >= 0.6 is 0 Å². The fraction of sp³-hybridized carbons (Fsp3) is 0.333. The summed E-state index contributed by atoms with van der Waals surface area (Å²) in [5.41, 5.74) is 8.13. The molecule has 0 atom stereocenters. The first-order valence-corrected chi connectivity index (χ1v) is 3.55. The first-order valence-electron chi connectivity index (χ1n) is 3.55. The first-order chi connectivity index (χ1) is 6.29. The van der Waals surface area contributed by atoms with Gasteiger partial charge in [-0.3, -0.25) is 0 Å². The van der Waals surface area contributed by atoms with Gasteiger partial charge < -0.3 is 4.74 Å². The largest absolute Gasteiger partial charge is 0.449 e. The lowest BCUT2D eigenvalue weighted by molar-refractivity contribution is 0.154. The molecule has 0 N–H and O–H groups in total. The molecule has 0 fully saturated rings. The molecule has 0 aliphatic carbocycles. The van der Waals surface area contributed by atoms with Gasteiger partial charge in [-0.15, -0.1) is 0 Å². The Labute approximate surface area is 73.6 Å². The van der Waals surface area contributed by atoms with Crippen LogP contribution in [0.15, 0.2) is 17.5 Å². The maximum absolute atomic E-state index is 11.1. The fourth-order valence-corrected chi connectivity index (χ4v) is 0.745. The average Bonchev–Trinajstić information content (AvgIpc) is 2.54. The van der Waals surface area contributed by atoms with Crippen LogP contribution in [0.3, 0.4) is 0 Å². The van der Waals surface area contributed by atoms with E-state index in [2.05, 4.69) is 19.7 Å². The summed E-state index contributed by atoms with van der Waals surface area (Å²) in [6.07, 6.45) is 2.10. The van der Waals surface area contributed by atoms with E-state index in [1.165, 1.54) is 12.4 Å². The Hall–Kier alpha value is -2.01. The molecular formula is C6H7N5O2. The molecule has 0 aromatic carbocycles. The molecule has 68 valence electrons. The van der Waals surface area contributed by atoms with Crippen LogP contribution < -0.4 is 0 Å². The predicted molar refractivity (Wildman–Crippen MR) is 43.5 cm³/mol. The van der Waals surface area contributed by atoms with Gasteiger partial charge in [0.25, 0.3) is 0 Å². The smallest absolute Gasteiger partial charge is 0.419 e. The Bertz CT molecular complexity index is 352. The number of hydrogen-bond acceptors (Lipinski definition) is 4. The van der Waals surface area contributed by atoms with Gasteiger partial charge in [-0.2, -0.15) is 0 Å². The van der Waals surface area contributed by atoms with E-state index in [9.17, 15) is 4.79 Å². The molecule has 7 heteroatoms. The number of hydrogen-bond donors (Lipinski definition) is 0. The molecule has 13 heavy (non-hydrogen) atoms. The highest BCUT2D eigenvalue weighted by atomic mass is 16.5. The second-order valence-electron chi connectivity index (χ2n) is 1.99. The van der Waals surface area contributed by atoms with Crippen LogP contribution in [0.25, 0.3) is 10.4 Å². The third kappa shape index (κ3) is 1.97. The molecule has 0 aliphatic heterocycles. The van der Waals surface area contributed by atoms with Crippen LogP contribution in [-0.4, -0.2) is 22.3 Å². The molecule has 0 aliphatic rings. The van der Waals surface area contributed by atoms with Crippen molar-refractivity contribution < 1.29 is 9.53 Å². The molecule has 0 radical (unpaired) electrons. The number of carbonyl (C=O) groups excluding carboxylic acids is 1. The molecule has 7 nitrogen and oxygen atoms in total. The van der Waals surface area contributed by atoms with Gasteiger partial charge in [0.1, 0.15) is 0 Å². The normalized spacial score (nSPS) is 9.00. The van der Waals surface area contributed by atoms with Gasteiger partial charge in [-0.1, -0.05) is 0 Å². The molecular weight excluding hydrogens is 174 g/mol. The Morgan fingerprint density at radius 3 is 3.31 bits per heavy atom. The third-order valence-corrected chi connectivity index (χ3v) is 1.22. The zero-order valence-corrected chi connectivity index (χ0v) is 6.91. The summed E-state index contributed by atoms with van der Waals surface area (Å²) in [6.45, 7) is 1.94. The van der Waals surface area contributed by atoms with E-state index in [4.69, 9.17) is 5.53 Å². The summed E-state index contributed by atoms with van der Waals surface area (Å²) < 4.78 is 5.70. The molecule has 1 rings (SSSR count). The van der Waals surface area contributed by atoms with Gasteiger partial charge in [-0.25, -0.2) is 14.3 Å². The fourth-order valence-electron chi connectivity index (χ4n) is 0.745. The molecule has 0 amide bonds. The van der Waals surface area contributed by atoms with Crippen molar-refractivity contribution in [2.75, 3.05) is 6.61 Å². The quantitative estimate of drug-likeness (QED) is 0.395. The predicted octanol–water partition coefficient (Wildman–Crippen LogP) is 1.83. The van der Waals surface area contributed by atoms with Gasteiger partial charge in [0.2, 0.25) is 5.95 Å². The zero-order valence-electron chi connectivity index (χ0n) is 6.91. The molecule has 1 aromatic rings. The second-order valence-corrected chi connectivity index (χ2v) is 1.99. The van der Waals surface area contributed by atoms with Crippen LogP contribution in [-0.2, 0) is 4.74 Å². The van der Waals surface area contributed by atoms with E-state index < -0.39 is 6.09 Å². The topological polar surface area (TPSA) is 92.9 Å². The Morgan fingerprint density at radius 2 is 2.69 bits per heavy atom. The van der Waals surface area contributed by atoms with Gasteiger partial charge in [0, 0.05) is 17.3 Å². The summed E-state index contributed by atoms with van der Waals surface area (Å²) in [7, 11) is 0. The third-order valence-electron chi connectivity index (χ3n) is 1.22. The summed E-state index contributed by atoms with van der Waals surface area (Å²) >= 11 is 0. The highest BCUT2D eigenvalue weighted by Crippen LogP contribution is 2.08. The van der Waals surface area contributed by atoms with Gasteiger partial charge >= 0.3 is 6.09 Å². The highest BCUT2D eigenvalue weighted by Gasteiger charge is 2.08. The summed E-state index contributed by atoms with van der Waals surface area (Å²) in [6, 6.07) is 0. The van der Waals surface area contributed by atoms with Crippen molar-refractivity contribution in [2.24, 2.45) is 5.11 Å². The van der Waals surface area contributed by atoms with Gasteiger partial charge in [0.05, 0.1) is 6.61 Å². The summed E-state index contributed by atoms with van der Waals surface area (Å²) in [5.74, 6) is -0.0269. The lowest BCUT2D eigenvalue weighted by Gasteiger charge is -2.01. The summed E-state index contributed by atoms with van der Waals surface area (Å²) in [4.78, 5) is 17.3. The molecule has 0 saturated heterocycles. The van der Waals surface area contributed by atoms with E-state index in [0.29, 0.717) is 0 Å². The van der Waals surface area contributed by atoms with E-state index in [0.717, 1.165) is 4.57 Å². The lowest BCUT2D eigenvalue weighted by Crippen LogP contribution is -2.11. The van der Waals surface area contributed by atoms with Crippen molar-refractivity contribution in [1.82, 2.24) is 9.55 Å². The Balaban J connectivity index is 2.93. The molecule has 0 bridgehead atoms. The number of rotatable bonds is 2. The number of azide groups is 1. The number of ether oxygens (including phenoxy) is 1. The Morgan fingerprint density at radius 1 is 1.92 bits per heavy atom. The summed E-state index contributed by atoms with van der Waals surface area (Å²) in [5, 5.41) is 3.20. The molecule has 1 heterocycles. The molecule has 0 spiro atoms. The monoisotopic (exact) mass is 181 g/mol. The van der Waals surface area contributed by atoms with E-state index in [-0.39, 0.29) is 12.6 Å². The van der Waals surface area contributed by atoms with E-state index in [1.807, 2.05) is 0 Å². The SMILES string of the molecule is CCOC(=O)n1ccnc1N=[N+]=[N-]. The average molecular weight is 181 g/mol. The second kappa shape index (κ2) is 4.13. The molecule has 1 aromatic heterocycles. The highest BCUT2D eigenvalue weighted by molar-refractivity contribution is 5.73. The van der Waals surface area contributed by atoms with E-state index >= 15 is 0 Å². The first kappa shape index (κ1) is 9.08. The standard InChI is InChI=1S/C6H7N5O2/c1-2-13-6(12)11-4-3-8-5(11)9-10-7/h3-4H,2H2,1H3. The number of carbonyl (C=O) groups is 1. The van der Waals surface area contributed by atoms with Crippen LogP contribution in [0, 0.1) is 0 Å². The van der Waals surface area contributed by atoms with E-state index in [1.54, 1.807) is 6.92 Å². The van der Waals surface area contributed by atoms with Crippen LogP contribution in [0.1, 0.15) is 6.92 Å². The minimum Gasteiger partial charge on any atom is -0.449 e. The minimum absolute atomic E-state index is 0.0269.